The minimum atomic E-state index is -3.76. The maximum absolute atomic E-state index is 12.0. The van der Waals surface area contributed by atoms with Crippen LogP contribution in [0.3, 0.4) is 0 Å². The van der Waals surface area contributed by atoms with Crippen molar-refractivity contribution >= 4 is 18.4 Å². The van der Waals surface area contributed by atoms with Gasteiger partial charge in [0.2, 0.25) is 0 Å². The Hall–Kier alpha value is -1.12. The van der Waals surface area contributed by atoms with Crippen LogP contribution in [0.25, 0.3) is 10.4 Å². The fourth-order valence-corrected chi connectivity index (χ4v) is 4.39. The van der Waals surface area contributed by atoms with Crippen molar-refractivity contribution in [3.05, 3.63) is 33.7 Å². The standard InChI is InChI=1S/C22H43N3O4SSi/c1-18(2)13-11-14-19(3)15-12-16-22(7,24-25-23)20(29-30(8,26)27)17-28-31(9,10)21(4,5)6/h13,15,20H,11-12,14,16-17H2,1-10H3/b19-15+/t20-,22+/m0/s1. The zero-order chi connectivity index (χ0) is 24.5. The molecule has 0 aromatic carbocycles. The highest BCUT2D eigenvalue weighted by Gasteiger charge is 2.42. The molecule has 7 nitrogen and oxygen atoms in total. The molecule has 0 radical (unpaired) electrons. The van der Waals surface area contributed by atoms with Gasteiger partial charge in [-0.1, -0.05) is 56.1 Å². The zero-order valence-electron chi connectivity index (χ0n) is 21.2. The lowest BCUT2D eigenvalue weighted by Crippen LogP contribution is -2.49. The number of hydrogen-bond acceptors (Lipinski definition) is 5. The smallest absolute Gasteiger partial charge is 0.264 e. The molecule has 0 aromatic rings. The molecule has 0 rings (SSSR count). The molecular formula is C22H43N3O4SSi. The summed E-state index contributed by atoms with van der Waals surface area (Å²) in [5.74, 6) is 0. The minimum absolute atomic E-state index is 0.0390. The van der Waals surface area contributed by atoms with Crippen LogP contribution in [-0.2, 0) is 18.7 Å². The zero-order valence-corrected chi connectivity index (χ0v) is 23.0. The average Bonchev–Trinajstić information content (AvgIpc) is 2.56. The van der Waals surface area contributed by atoms with Gasteiger partial charge in [-0.25, -0.2) is 0 Å². The summed E-state index contributed by atoms with van der Waals surface area (Å²) in [6, 6.07) is 0. The molecule has 0 unspecified atom stereocenters. The number of azide groups is 1. The first-order chi connectivity index (χ1) is 13.9. The average molecular weight is 474 g/mol. The van der Waals surface area contributed by atoms with Crippen LogP contribution in [0, 0.1) is 0 Å². The third kappa shape index (κ3) is 11.9. The predicted octanol–water partition coefficient (Wildman–Crippen LogP) is 6.89. The van der Waals surface area contributed by atoms with Crippen molar-refractivity contribution in [1.29, 1.82) is 0 Å². The summed E-state index contributed by atoms with van der Waals surface area (Å²) in [4.78, 5) is 3.00. The monoisotopic (exact) mass is 473 g/mol. The number of rotatable bonds is 13. The van der Waals surface area contributed by atoms with Crippen LogP contribution < -0.4 is 0 Å². The summed E-state index contributed by atoms with van der Waals surface area (Å²) in [5.41, 5.74) is 10.7. The summed E-state index contributed by atoms with van der Waals surface area (Å²) in [6.45, 7) is 18.6. The highest BCUT2D eigenvalue weighted by atomic mass is 32.2. The molecule has 9 heteroatoms. The first kappa shape index (κ1) is 29.9. The molecule has 0 aliphatic carbocycles. The van der Waals surface area contributed by atoms with E-state index in [1.54, 1.807) is 6.92 Å². The highest BCUT2D eigenvalue weighted by molar-refractivity contribution is 7.86. The van der Waals surface area contributed by atoms with Gasteiger partial charge in [-0.15, -0.1) is 0 Å². The van der Waals surface area contributed by atoms with Crippen LogP contribution in [0.2, 0.25) is 18.1 Å². The van der Waals surface area contributed by atoms with Gasteiger partial charge >= 0.3 is 0 Å². The van der Waals surface area contributed by atoms with Gasteiger partial charge < -0.3 is 4.43 Å². The molecule has 0 aliphatic rings. The molecule has 31 heavy (non-hydrogen) atoms. The van der Waals surface area contributed by atoms with Crippen LogP contribution in [-0.4, -0.2) is 41.2 Å². The molecule has 180 valence electrons. The second-order valence-corrected chi connectivity index (χ2v) is 16.7. The first-order valence-electron chi connectivity index (χ1n) is 10.8. The van der Waals surface area contributed by atoms with Crippen molar-refractivity contribution in [3.8, 4) is 0 Å². The van der Waals surface area contributed by atoms with E-state index in [9.17, 15) is 13.9 Å². The predicted molar refractivity (Wildman–Crippen MR) is 132 cm³/mol. The summed E-state index contributed by atoms with van der Waals surface area (Å²) < 4.78 is 35.5. The fourth-order valence-electron chi connectivity index (χ4n) is 2.70. The Labute approximate surface area is 191 Å². The van der Waals surface area contributed by atoms with E-state index in [1.165, 1.54) is 11.1 Å². The second-order valence-electron chi connectivity index (χ2n) is 10.3. The topological polar surface area (TPSA) is 101 Å². The molecule has 0 amide bonds. The maximum atomic E-state index is 12.0. The van der Waals surface area contributed by atoms with E-state index in [4.69, 9.17) is 8.61 Å². The number of allylic oxidation sites excluding steroid dienone is 4. The molecular weight excluding hydrogens is 430 g/mol. The Kier molecular flexibility index (Phi) is 11.8. The lowest BCUT2D eigenvalue weighted by molar-refractivity contribution is 0.0644. The van der Waals surface area contributed by atoms with Gasteiger partial charge in [0.05, 0.1) is 18.4 Å². The van der Waals surface area contributed by atoms with Crippen LogP contribution in [0.4, 0.5) is 0 Å². The van der Waals surface area contributed by atoms with Gasteiger partial charge in [-0.2, -0.15) is 8.42 Å². The molecule has 0 saturated carbocycles. The van der Waals surface area contributed by atoms with Gasteiger partial charge in [0.25, 0.3) is 10.1 Å². The molecule has 0 N–H and O–H groups in total. The van der Waals surface area contributed by atoms with Crippen LogP contribution in [0.1, 0.15) is 74.1 Å². The van der Waals surface area contributed by atoms with Gasteiger partial charge in [0, 0.05) is 4.91 Å². The second kappa shape index (κ2) is 12.2. The summed E-state index contributed by atoms with van der Waals surface area (Å²) in [5, 5.41) is 3.93. The Morgan fingerprint density at radius 3 is 2.16 bits per heavy atom. The Bertz CT molecular complexity index is 790. The van der Waals surface area contributed by atoms with Crippen molar-refractivity contribution in [2.24, 2.45) is 5.11 Å². The van der Waals surface area contributed by atoms with Crippen LogP contribution in [0.15, 0.2) is 28.4 Å². The Morgan fingerprint density at radius 1 is 1.13 bits per heavy atom. The van der Waals surface area contributed by atoms with Crippen molar-refractivity contribution in [1.82, 2.24) is 0 Å². The molecule has 2 atom stereocenters. The van der Waals surface area contributed by atoms with Crippen molar-refractivity contribution in [2.45, 2.75) is 104 Å². The Balaban J connectivity index is 5.56. The van der Waals surface area contributed by atoms with Crippen molar-refractivity contribution in [2.75, 3.05) is 12.9 Å². The summed E-state index contributed by atoms with van der Waals surface area (Å²) in [6.07, 6.45) is 7.49. The Morgan fingerprint density at radius 2 is 1.71 bits per heavy atom. The van der Waals surface area contributed by atoms with E-state index in [1.807, 2.05) is 0 Å². The lowest BCUT2D eigenvalue weighted by atomic mass is 9.90. The van der Waals surface area contributed by atoms with E-state index in [0.717, 1.165) is 19.1 Å². The lowest BCUT2D eigenvalue weighted by Gasteiger charge is -2.39. The van der Waals surface area contributed by atoms with Crippen LogP contribution in [0.5, 0.6) is 0 Å². The SMILES string of the molecule is CC(C)=CCC/C(C)=C/CC[C@@](C)(N=[N+]=[N-])[C@H](CO[Si](C)(C)C(C)(C)C)OS(C)(=O)=O. The van der Waals surface area contributed by atoms with Crippen molar-refractivity contribution < 1.29 is 17.0 Å². The fraction of sp³-hybridized carbons (Fsp3) is 0.818. The van der Waals surface area contributed by atoms with Gasteiger partial charge in [0.1, 0.15) is 6.10 Å². The molecule has 0 heterocycles. The van der Waals surface area contributed by atoms with Crippen molar-refractivity contribution in [3.63, 3.8) is 0 Å². The van der Waals surface area contributed by atoms with E-state index in [0.29, 0.717) is 12.8 Å². The quantitative estimate of drug-likeness (QED) is 0.0725. The number of hydrogen-bond donors (Lipinski definition) is 0. The first-order valence-corrected chi connectivity index (χ1v) is 15.5. The molecule has 0 aromatic heterocycles. The van der Waals surface area contributed by atoms with Gasteiger partial charge in [0.15, 0.2) is 8.32 Å². The number of nitrogens with zero attached hydrogens (tertiary/aromatic N) is 3. The molecule has 0 spiro atoms. The van der Waals surface area contributed by atoms with E-state index in [-0.39, 0.29) is 11.6 Å². The van der Waals surface area contributed by atoms with Gasteiger partial charge in [-0.3, -0.25) is 4.18 Å². The third-order valence-corrected chi connectivity index (χ3v) is 11.0. The normalized spacial score (nSPS) is 16.3. The van der Waals surface area contributed by atoms with Gasteiger partial charge in [-0.05, 0) is 70.1 Å². The largest absolute Gasteiger partial charge is 0.414 e. The molecule has 0 aliphatic heterocycles. The highest BCUT2D eigenvalue weighted by Crippen LogP contribution is 2.37. The summed E-state index contributed by atoms with van der Waals surface area (Å²) >= 11 is 0. The third-order valence-electron chi connectivity index (χ3n) is 5.89. The van der Waals surface area contributed by atoms with E-state index < -0.39 is 30.1 Å². The van der Waals surface area contributed by atoms with E-state index in [2.05, 4.69) is 76.8 Å². The molecule has 0 bridgehead atoms. The maximum Gasteiger partial charge on any atom is 0.264 e. The van der Waals surface area contributed by atoms with E-state index >= 15 is 0 Å². The minimum Gasteiger partial charge on any atom is -0.414 e. The molecule has 0 saturated heterocycles. The molecule has 0 fully saturated rings. The van der Waals surface area contributed by atoms with Crippen LogP contribution >= 0.6 is 0 Å². The summed E-state index contributed by atoms with van der Waals surface area (Å²) in [7, 11) is -5.90.